The van der Waals surface area contributed by atoms with Gasteiger partial charge < -0.3 is 10.6 Å². The van der Waals surface area contributed by atoms with Gasteiger partial charge in [-0.15, -0.1) is 12.3 Å². The van der Waals surface area contributed by atoms with Gasteiger partial charge in [0.15, 0.2) is 0 Å². The number of hydrogen-bond donors (Lipinski definition) is 1. The molecule has 1 aromatic rings. The molecule has 0 radical (unpaired) electrons. The van der Waals surface area contributed by atoms with E-state index in [1.165, 1.54) is 0 Å². The standard InChI is InChI=1S/C14H15F3N2O/c1-2-6-12(18)13(20)19(10-14(15,16)17)9-11-7-4-3-5-8-11/h1,3-5,7-8,12H,6,9-10,18H2. The van der Waals surface area contributed by atoms with E-state index in [1.54, 1.807) is 30.3 Å². The summed E-state index contributed by atoms with van der Waals surface area (Å²) >= 11 is 0. The zero-order chi connectivity index (χ0) is 15.2. The van der Waals surface area contributed by atoms with Crippen LogP contribution < -0.4 is 5.73 Å². The van der Waals surface area contributed by atoms with Gasteiger partial charge in [0.2, 0.25) is 5.91 Å². The Hall–Kier alpha value is -2.00. The minimum Gasteiger partial charge on any atom is -0.328 e. The van der Waals surface area contributed by atoms with Crippen molar-refractivity contribution in [1.82, 2.24) is 4.90 Å². The van der Waals surface area contributed by atoms with E-state index >= 15 is 0 Å². The Bertz CT molecular complexity index is 479. The molecular formula is C14H15F3N2O. The van der Waals surface area contributed by atoms with Crippen molar-refractivity contribution in [2.45, 2.75) is 25.2 Å². The number of alkyl halides is 3. The first kappa shape index (κ1) is 16.1. The van der Waals surface area contributed by atoms with Gasteiger partial charge in [0, 0.05) is 13.0 Å². The summed E-state index contributed by atoms with van der Waals surface area (Å²) in [6, 6.07) is 7.28. The predicted octanol–water partition coefficient (Wildman–Crippen LogP) is 1.93. The van der Waals surface area contributed by atoms with Crippen LogP contribution >= 0.6 is 0 Å². The molecule has 0 heterocycles. The van der Waals surface area contributed by atoms with Gasteiger partial charge in [-0.05, 0) is 5.56 Å². The molecule has 0 spiro atoms. The van der Waals surface area contributed by atoms with E-state index < -0.39 is 24.7 Å². The minimum atomic E-state index is -4.49. The second-order valence-electron chi connectivity index (χ2n) is 4.31. The molecule has 6 heteroatoms. The second kappa shape index (κ2) is 6.96. The number of benzene rings is 1. The number of amides is 1. The summed E-state index contributed by atoms with van der Waals surface area (Å²) in [5, 5.41) is 0. The molecule has 0 aliphatic carbocycles. The highest BCUT2D eigenvalue weighted by atomic mass is 19.4. The normalized spacial score (nSPS) is 12.6. The van der Waals surface area contributed by atoms with Crippen LogP contribution in [-0.4, -0.2) is 29.6 Å². The van der Waals surface area contributed by atoms with Crippen LogP contribution in [0.2, 0.25) is 0 Å². The lowest BCUT2D eigenvalue weighted by molar-refractivity contribution is -0.163. The minimum absolute atomic E-state index is 0.0953. The van der Waals surface area contributed by atoms with Crippen molar-refractivity contribution in [3.63, 3.8) is 0 Å². The van der Waals surface area contributed by atoms with Gasteiger partial charge in [-0.1, -0.05) is 30.3 Å². The Morgan fingerprint density at radius 3 is 2.45 bits per heavy atom. The maximum atomic E-state index is 12.5. The van der Waals surface area contributed by atoms with E-state index in [2.05, 4.69) is 5.92 Å². The first-order valence-electron chi connectivity index (χ1n) is 5.92. The average molecular weight is 284 g/mol. The SMILES string of the molecule is C#CCC(N)C(=O)N(Cc1ccccc1)CC(F)(F)F. The van der Waals surface area contributed by atoms with Gasteiger partial charge in [0.25, 0.3) is 0 Å². The smallest absolute Gasteiger partial charge is 0.328 e. The fraction of sp³-hybridized carbons (Fsp3) is 0.357. The van der Waals surface area contributed by atoms with Gasteiger partial charge in [0.1, 0.15) is 6.54 Å². The Labute approximate surface area is 115 Å². The molecule has 0 saturated heterocycles. The zero-order valence-corrected chi connectivity index (χ0v) is 10.7. The molecule has 20 heavy (non-hydrogen) atoms. The molecule has 0 aliphatic rings. The van der Waals surface area contributed by atoms with Crippen molar-refractivity contribution in [2.75, 3.05) is 6.54 Å². The van der Waals surface area contributed by atoms with Crippen LogP contribution in [0.15, 0.2) is 30.3 Å². The molecule has 1 aromatic carbocycles. The third-order valence-electron chi connectivity index (χ3n) is 2.55. The number of carbonyl (C=O) groups is 1. The lowest BCUT2D eigenvalue weighted by atomic mass is 10.1. The topological polar surface area (TPSA) is 46.3 Å². The Morgan fingerprint density at radius 1 is 1.35 bits per heavy atom. The molecule has 0 fully saturated rings. The van der Waals surface area contributed by atoms with Gasteiger partial charge in [-0.25, -0.2) is 0 Å². The third kappa shape index (κ3) is 5.33. The number of terminal acetylenes is 1. The number of nitrogens with two attached hydrogens (primary N) is 1. The molecule has 108 valence electrons. The summed E-state index contributed by atoms with van der Waals surface area (Å²) in [7, 11) is 0. The number of nitrogens with zero attached hydrogens (tertiary/aromatic N) is 1. The van der Waals surface area contributed by atoms with Gasteiger partial charge in [-0.3, -0.25) is 4.79 Å². The Kier molecular flexibility index (Phi) is 5.59. The summed E-state index contributed by atoms with van der Waals surface area (Å²) in [5.74, 6) is 1.37. The van der Waals surface area contributed by atoms with Crippen molar-refractivity contribution in [3.05, 3.63) is 35.9 Å². The molecule has 1 rings (SSSR count). The van der Waals surface area contributed by atoms with Crippen molar-refractivity contribution >= 4 is 5.91 Å². The summed E-state index contributed by atoms with van der Waals surface area (Å²) in [5.41, 5.74) is 6.10. The van der Waals surface area contributed by atoms with Crippen molar-refractivity contribution in [2.24, 2.45) is 5.73 Å². The number of halogens is 3. The summed E-state index contributed by atoms with van der Waals surface area (Å²) in [6.07, 6.45) is 0.443. The quantitative estimate of drug-likeness (QED) is 0.840. The van der Waals surface area contributed by atoms with E-state index in [-0.39, 0.29) is 13.0 Å². The summed E-state index contributed by atoms with van der Waals surface area (Å²) < 4.78 is 37.6. The van der Waals surface area contributed by atoms with E-state index in [4.69, 9.17) is 12.2 Å². The number of hydrogen-bond acceptors (Lipinski definition) is 2. The van der Waals surface area contributed by atoms with E-state index in [1.807, 2.05) is 0 Å². The molecule has 0 aromatic heterocycles. The molecule has 2 N–H and O–H groups in total. The van der Waals surface area contributed by atoms with Gasteiger partial charge in [-0.2, -0.15) is 13.2 Å². The van der Waals surface area contributed by atoms with E-state index in [0.717, 1.165) is 0 Å². The molecule has 0 saturated carbocycles. The predicted molar refractivity (Wildman–Crippen MR) is 69.3 cm³/mol. The third-order valence-corrected chi connectivity index (χ3v) is 2.55. The molecule has 0 bridgehead atoms. The lowest BCUT2D eigenvalue weighted by Crippen LogP contribution is -2.46. The van der Waals surface area contributed by atoms with Crippen LogP contribution in [-0.2, 0) is 11.3 Å². The molecular weight excluding hydrogens is 269 g/mol. The Balaban J connectivity index is 2.85. The average Bonchev–Trinajstić information content (AvgIpc) is 2.37. The van der Waals surface area contributed by atoms with E-state index in [0.29, 0.717) is 10.5 Å². The number of carbonyl (C=O) groups excluding carboxylic acids is 1. The molecule has 0 aliphatic heterocycles. The highest BCUT2D eigenvalue weighted by molar-refractivity contribution is 5.82. The van der Waals surface area contributed by atoms with E-state index in [9.17, 15) is 18.0 Å². The van der Waals surface area contributed by atoms with Crippen LogP contribution in [0.25, 0.3) is 0 Å². The van der Waals surface area contributed by atoms with Crippen LogP contribution in [0, 0.1) is 12.3 Å². The Morgan fingerprint density at radius 2 is 1.95 bits per heavy atom. The molecule has 1 amide bonds. The van der Waals surface area contributed by atoms with Crippen LogP contribution in [0.4, 0.5) is 13.2 Å². The molecule has 1 unspecified atom stereocenters. The summed E-state index contributed by atoms with van der Waals surface area (Å²) in [6.45, 7) is -1.50. The number of rotatable bonds is 5. The van der Waals surface area contributed by atoms with Crippen molar-refractivity contribution in [1.29, 1.82) is 0 Å². The summed E-state index contributed by atoms with van der Waals surface area (Å²) in [4.78, 5) is 12.6. The maximum Gasteiger partial charge on any atom is 0.406 e. The van der Waals surface area contributed by atoms with Crippen LogP contribution in [0.5, 0.6) is 0 Å². The van der Waals surface area contributed by atoms with Crippen molar-refractivity contribution in [3.8, 4) is 12.3 Å². The lowest BCUT2D eigenvalue weighted by Gasteiger charge is -2.26. The van der Waals surface area contributed by atoms with Gasteiger partial charge in [0.05, 0.1) is 6.04 Å². The van der Waals surface area contributed by atoms with Crippen LogP contribution in [0.3, 0.4) is 0 Å². The molecule has 1 atom stereocenters. The van der Waals surface area contributed by atoms with Crippen LogP contribution in [0.1, 0.15) is 12.0 Å². The van der Waals surface area contributed by atoms with Gasteiger partial charge >= 0.3 is 6.18 Å². The fourth-order valence-electron chi connectivity index (χ4n) is 1.68. The first-order valence-corrected chi connectivity index (χ1v) is 5.92. The maximum absolute atomic E-state index is 12.5. The fourth-order valence-corrected chi connectivity index (χ4v) is 1.68. The largest absolute Gasteiger partial charge is 0.406 e. The second-order valence-corrected chi connectivity index (χ2v) is 4.31. The first-order chi connectivity index (χ1) is 9.33. The highest BCUT2D eigenvalue weighted by Crippen LogP contribution is 2.19. The molecule has 3 nitrogen and oxygen atoms in total. The zero-order valence-electron chi connectivity index (χ0n) is 10.7. The monoisotopic (exact) mass is 284 g/mol. The van der Waals surface area contributed by atoms with Crippen molar-refractivity contribution < 1.29 is 18.0 Å². The highest BCUT2D eigenvalue weighted by Gasteiger charge is 2.34.